The Morgan fingerprint density at radius 1 is 1.16 bits per heavy atom. The number of ether oxygens (including phenoxy) is 1. The number of carbonyl (C=O) groups excluding carboxylic acids is 2. The molecule has 0 saturated carbocycles. The number of imide groups is 1. The van der Waals surface area contributed by atoms with Crippen molar-refractivity contribution in [1.29, 1.82) is 0 Å². The Kier molecular flexibility index (Phi) is 5.58. The maximum absolute atomic E-state index is 11.8. The Morgan fingerprint density at radius 3 is 2.41 bits per heavy atom. The third kappa shape index (κ3) is 4.29. The topological polar surface area (TPSA) is 164 Å². The van der Waals surface area contributed by atoms with Crippen molar-refractivity contribution in [2.24, 2.45) is 5.92 Å². The number of carboxylic acids is 1. The summed E-state index contributed by atoms with van der Waals surface area (Å²) in [6.07, 6.45) is 0.734. The predicted octanol–water partition coefficient (Wildman–Crippen LogP) is 1.96. The van der Waals surface area contributed by atoms with Crippen molar-refractivity contribution in [1.82, 2.24) is 15.6 Å². The Bertz CT molecular complexity index is 1080. The van der Waals surface area contributed by atoms with Gasteiger partial charge in [-0.15, -0.1) is 0 Å². The van der Waals surface area contributed by atoms with Gasteiger partial charge in [-0.3, -0.25) is 25.0 Å². The normalized spacial score (nSPS) is 18.8. The van der Waals surface area contributed by atoms with Crippen LogP contribution in [0, 0.1) is 16.0 Å². The fourth-order valence-corrected chi connectivity index (χ4v) is 3.69. The van der Waals surface area contributed by atoms with Gasteiger partial charge in [0.2, 0.25) is 11.7 Å². The Balaban J connectivity index is 1.51. The van der Waals surface area contributed by atoms with Crippen LogP contribution in [-0.2, 0) is 9.59 Å². The minimum atomic E-state index is -0.873. The second-order valence-corrected chi connectivity index (χ2v) is 7.42. The first-order chi connectivity index (χ1) is 15.3. The standard InChI is InChI=1S/C20H19N5O7/c26-18-16(22-20(29)23-18)11-1-3-13(4-2-11)32-15-6-5-14(25(30)31)17(21-15)24-9-7-12(8-10-24)19(27)28/h1-6,12,16H,7-10H2,(H,27,28)(H2,22,23,26,29). The smallest absolute Gasteiger partial charge is 0.322 e. The Morgan fingerprint density at radius 2 is 1.84 bits per heavy atom. The van der Waals surface area contributed by atoms with Crippen molar-refractivity contribution in [3.63, 3.8) is 0 Å². The van der Waals surface area contributed by atoms with Crippen LogP contribution < -0.4 is 20.3 Å². The van der Waals surface area contributed by atoms with E-state index in [9.17, 15) is 24.5 Å². The average Bonchev–Trinajstić information content (AvgIpc) is 3.12. The molecule has 2 saturated heterocycles. The van der Waals surface area contributed by atoms with Gasteiger partial charge in [0.25, 0.3) is 5.91 Å². The number of nitro groups is 1. The zero-order chi connectivity index (χ0) is 22.8. The summed E-state index contributed by atoms with van der Waals surface area (Å²) in [7, 11) is 0. The Labute approximate surface area is 181 Å². The number of hydrogen-bond acceptors (Lipinski definition) is 8. The molecule has 1 aromatic carbocycles. The van der Waals surface area contributed by atoms with E-state index in [0.29, 0.717) is 37.2 Å². The number of hydrogen-bond donors (Lipinski definition) is 3. The van der Waals surface area contributed by atoms with Crippen LogP contribution >= 0.6 is 0 Å². The van der Waals surface area contributed by atoms with E-state index >= 15 is 0 Å². The monoisotopic (exact) mass is 441 g/mol. The van der Waals surface area contributed by atoms with Gasteiger partial charge in [-0.05, 0) is 30.5 Å². The van der Waals surface area contributed by atoms with Gasteiger partial charge in [-0.1, -0.05) is 12.1 Å². The Hall–Kier alpha value is -4.22. The highest BCUT2D eigenvalue weighted by Crippen LogP contribution is 2.33. The molecular weight excluding hydrogens is 422 g/mol. The number of pyridine rings is 1. The summed E-state index contributed by atoms with van der Waals surface area (Å²) in [6, 6.07) is 7.76. The van der Waals surface area contributed by atoms with Crippen LogP contribution in [-0.4, -0.2) is 46.0 Å². The van der Waals surface area contributed by atoms with E-state index in [2.05, 4.69) is 15.6 Å². The third-order valence-corrected chi connectivity index (χ3v) is 5.38. The highest BCUT2D eigenvalue weighted by atomic mass is 16.6. The lowest BCUT2D eigenvalue weighted by Gasteiger charge is -2.30. The molecule has 32 heavy (non-hydrogen) atoms. The average molecular weight is 441 g/mol. The summed E-state index contributed by atoms with van der Waals surface area (Å²) < 4.78 is 5.73. The molecule has 0 bridgehead atoms. The van der Waals surface area contributed by atoms with Gasteiger partial charge in [0.1, 0.15) is 11.8 Å². The molecule has 12 nitrogen and oxygen atoms in total. The number of carbonyl (C=O) groups is 3. The summed E-state index contributed by atoms with van der Waals surface area (Å²) in [4.78, 5) is 51.1. The van der Waals surface area contributed by atoms with Gasteiger partial charge in [0.15, 0.2) is 0 Å². The molecule has 2 fully saturated rings. The molecule has 2 aliphatic heterocycles. The minimum Gasteiger partial charge on any atom is -0.481 e. The lowest BCUT2D eigenvalue weighted by molar-refractivity contribution is -0.384. The van der Waals surface area contributed by atoms with Crippen LogP contribution in [0.25, 0.3) is 0 Å². The van der Waals surface area contributed by atoms with E-state index in [1.165, 1.54) is 12.1 Å². The number of nitrogens with zero attached hydrogens (tertiary/aromatic N) is 3. The second kappa shape index (κ2) is 8.49. The zero-order valence-electron chi connectivity index (χ0n) is 16.7. The maximum atomic E-state index is 11.8. The van der Waals surface area contributed by atoms with E-state index in [-0.39, 0.29) is 17.4 Å². The molecule has 3 heterocycles. The number of piperidine rings is 1. The molecule has 3 N–H and O–H groups in total. The second-order valence-electron chi connectivity index (χ2n) is 7.42. The van der Waals surface area contributed by atoms with Gasteiger partial charge >= 0.3 is 17.7 Å². The fourth-order valence-electron chi connectivity index (χ4n) is 3.69. The number of aliphatic carboxylic acids is 1. The highest BCUT2D eigenvalue weighted by Gasteiger charge is 2.31. The molecule has 4 rings (SSSR count). The van der Waals surface area contributed by atoms with Crippen molar-refractivity contribution < 1.29 is 29.2 Å². The molecule has 1 atom stereocenters. The van der Waals surface area contributed by atoms with E-state index in [4.69, 9.17) is 9.84 Å². The number of anilines is 1. The molecule has 1 unspecified atom stereocenters. The van der Waals surface area contributed by atoms with Gasteiger partial charge in [0, 0.05) is 25.2 Å². The van der Waals surface area contributed by atoms with Crippen molar-refractivity contribution in [3.05, 3.63) is 52.1 Å². The summed E-state index contributed by atoms with van der Waals surface area (Å²) in [5.41, 5.74) is 0.379. The van der Waals surface area contributed by atoms with Crippen LogP contribution in [0.3, 0.4) is 0 Å². The van der Waals surface area contributed by atoms with Crippen LogP contribution in [0.1, 0.15) is 24.4 Å². The molecule has 1 aromatic heterocycles. The van der Waals surface area contributed by atoms with E-state index in [1.807, 2.05) is 0 Å². The molecule has 3 amide bonds. The molecular formula is C20H19N5O7. The van der Waals surface area contributed by atoms with E-state index < -0.39 is 34.8 Å². The maximum Gasteiger partial charge on any atom is 0.322 e. The van der Waals surface area contributed by atoms with Crippen molar-refractivity contribution >= 4 is 29.4 Å². The molecule has 2 aromatic rings. The first kappa shape index (κ1) is 21.0. The molecule has 12 heteroatoms. The first-order valence-electron chi connectivity index (χ1n) is 9.84. The number of benzene rings is 1. The summed E-state index contributed by atoms with van der Waals surface area (Å²) in [6.45, 7) is 0.663. The summed E-state index contributed by atoms with van der Waals surface area (Å²) in [5.74, 6) is -1.16. The summed E-state index contributed by atoms with van der Waals surface area (Å²) >= 11 is 0. The third-order valence-electron chi connectivity index (χ3n) is 5.38. The number of rotatable bonds is 6. The van der Waals surface area contributed by atoms with Crippen molar-refractivity contribution in [3.8, 4) is 11.6 Å². The van der Waals surface area contributed by atoms with Gasteiger partial charge < -0.3 is 20.1 Å². The SMILES string of the molecule is O=C1NC(=O)C(c2ccc(Oc3ccc([N+](=O)[O-])c(N4CCC(C(=O)O)CC4)n3)cc2)N1. The quantitative estimate of drug-likeness (QED) is 0.345. The van der Waals surface area contributed by atoms with Gasteiger partial charge in [-0.2, -0.15) is 4.98 Å². The molecule has 0 spiro atoms. The van der Waals surface area contributed by atoms with E-state index in [1.54, 1.807) is 29.2 Å². The van der Waals surface area contributed by atoms with Crippen LogP contribution in [0.5, 0.6) is 11.6 Å². The molecule has 0 aliphatic carbocycles. The minimum absolute atomic E-state index is 0.123. The highest BCUT2D eigenvalue weighted by molar-refractivity contribution is 6.04. The van der Waals surface area contributed by atoms with Gasteiger partial charge in [0.05, 0.1) is 10.8 Å². The largest absolute Gasteiger partial charge is 0.481 e. The van der Waals surface area contributed by atoms with Crippen LogP contribution in [0.2, 0.25) is 0 Å². The number of aromatic nitrogens is 1. The van der Waals surface area contributed by atoms with Gasteiger partial charge in [-0.25, -0.2) is 4.79 Å². The number of carboxylic acid groups (broad SMARTS) is 1. The lowest BCUT2D eigenvalue weighted by atomic mass is 9.97. The van der Waals surface area contributed by atoms with Crippen molar-refractivity contribution in [2.75, 3.05) is 18.0 Å². The summed E-state index contributed by atoms with van der Waals surface area (Å²) in [5, 5.41) is 25.3. The van der Waals surface area contributed by atoms with Crippen LogP contribution in [0.4, 0.5) is 16.3 Å². The first-order valence-corrected chi connectivity index (χ1v) is 9.84. The lowest BCUT2D eigenvalue weighted by Crippen LogP contribution is -2.37. The molecule has 166 valence electrons. The molecule has 0 radical (unpaired) electrons. The zero-order valence-corrected chi connectivity index (χ0v) is 16.7. The number of nitrogens with one attached hydrogen (secondary N) is 2. The van der Waals surface area contributed by atoms with Crippen molar-refractivity contribution in [2.45, 2.75) is 18.9 Å². The number of amides is 3. The van der Waals surface area contributed by atoms with E-state index in [0.717, 1.165) is 0 Å². The number of urea groups is 1. The predicted molar refractivity (Wildman–Crippen MR) is 109 cm³/mol. The van der Waals surface area contributed by atoms with Crippen LogP contribution in [0.15, 0.2) is 36.4 Å². The fraction of sp³-hybridized carbons (Fsp3) is 0.300. The molecule has 2 aliphatic rings.